The summed E-state index contributed by atoms with van der Waals surface area (Å²) in [5.41, 5.74) is 1.64. The van der Waals surface area contributed by atoms with Gasteiger partial charge >= 0.3 is 0 Å². The lowest BCUT2D eigenvalue weighted by atomic mass is 9.92. The van der Waals surface area contributed by atoms with Gasteiger partial charge in [-0.25, -0.2) is 0 Å². The van der Waals surface area contributed by atoms with Crippen molar-refractivity contribution >= 4 is 0 Å². The normalized spacial score (nSPS) is 12.4. The van der Waals surface area contributed by atoms with E-state index in [0.717, 1.165) is 19.5 Å². The van der Waals surface area contributed by atoms with Crippen LogP contribution in [0, 0.1) is 5.41 Å². The highest BCUT2D eigenvalue weighted by Gasteiger charge is 2.10. The Morgan fingerprint density at radius 2 is 2.06 bits per heavy atom. The van der Waals surface area contributed by atoms with Crippen molar-refractivity contribution in [2.45, 2.75) is 60.2 Å². The Bertz CT molecular complexity index is 307. The van der Waals surface area contributed by atoms with Gasteiger partial charge in [0.15, 0.2) is 0 Å². The van der Waals surface area contributed by atoms with Crippen LogP contribution in [0.3, 0.4) is 0 Å². The highest BCUT2D eigenvalue weighted by atomic mass is 15.3. The third kappa shape index (κ3) is 5.31. The Hall–Kier alpha value is -0.830. The summed E-state index contributed by atoms with van der Waals surface area (Å²) in [7, 11) is 0. The van der Waals surface area contributed by atoms with E-state index in [0.29, 0.717) is 11.5 Å². The maximum absolute atomic E-state index is 4.37. The molecule has 3 nitrogen and oxygen atoms in total. The first-order chi connectivity index (χ1) is 7.37. The Kier molecular flexibility index (Phi) is 4.54. The summed E-state index contributed by atoms with van der Waals surface area (Å²) in [5.74, 6) is 0. The van der Waals surface area contributed by atoms with Crippen molar-refractivity contribution in [2.75, 3.05) is 0 Å². The van der Waals surface area contributed by atoms with Crippen LogP contribution in [0.15, 0.2) is 12.4 Å². The Morgan fingerprint density at radius 1 is 1.38 bits per heavy atom. The van der Waals surface area contributed by atoms with Crippen molar-refractivity contribution in [1.29, 1.82) is 0 Å². The van der Waals surface area contributed by atoms with Crippen LogP contribution in [-0.4, -0.2) is 15.8 Å². The number of nitrogens with zero attached hydrogens (tertiary/aromatic N) is 2. The molecule has 0 aromatic carbocycles. The molecule has 0 atom stereocenters. The smallest absolute Gasteiger partial charge is 0.0534 e. The third-order valence-electron chi connectivity index (χ3n) is 2.49. The zero-order chi connectivity index (χ0) is 12.2. The molecule has 16 heavy (non-hydrogen) atoms. The summed E-state index contributed by atoms with van der Waals surface area (Å²) >= 11 is 0. The van der Waals surface area contributed by atoms with Gasteiger partial charge in [0, 0.05) is 30.9 Å². The molecule has 1 aromatic rings. The zero-order valence-electron chi connectivity index (χ0n) is 11.2. The third-order valence-corrected chi connectivity index (χ3v) is 2.49. The molecule has 0 unspecified atom stereocenters. The molecule has 0 radical (unpaired) electrons. The van der Waals surface area contributed by atoms with E-state index in [1.807, 2.05) is 10.9 Å². The maximum Gasteiger partial charge on any atom is 0.0534 e. The van der Waals surface area contributed by atoms with E-state index < -0.39 is 0 Å². The fourth-order valence-corrected chi connectivity index (χ4v) is 1.39. The van der Waals surface area contributed by atoms with Crippen LogP contribution in [0.2, 0.25) is 0 Å². The summed E-state index contributed by atoms with van der Waals surface area (Å²) in [6.45, 7) is 13.0. The standard InChI is InChI=1S/C13H25N3/c1-11(2)14-8-12-9-15-16(10-12)7-6-13(3,4)5/h9-11,14H,6-8H2,1-5H3. The highest BCUT2D eigenvalue weighted by Crippen LogP contribution is 2.19. The molecule has 0 spiro atoms. The van der Waals surface area contributed by atoms with Crippen molar-refractivity contribution in [3.8, 4) is 0 Å². The minimum Gasteiger partial charge on any atom is -0.310 e. The Balaban J connectivity index is 2.39. The summed E-state index contributed by atoms with van der Waals surface area (Å²) in [5, 5.41) is 7.77. The number of hydrogen-bond donors (Lipinski definition) is 1. The molecule has 1 N–H and O–H groups in total. The van der Waals surface area contributed by atoms with Gasteiger partial charge in [-0.3, -0.25) is 4.68 Å². The van der Waals surface area contributed by atoms with Crippen LogP contribution in [0.4, 0.5) is 0 Å². The summed E-state index contributed by atoms with van der Waals surface area (Å²) in [4.78, 5) is 0. The van der Waals surface area contributed by atoms with Gasteiger partial charge < -0.3 is 5.32 Å². The molecule has 0 saturated carbocycles. The second kappa shape index (κ2) is 5.48. The lowest BCUT2D eigenvalue weighted by molar-refractivity contribution is 0.341. The van der Waals surface area contributed by atoms with Crippen molar-refractivity contribution in [2.24, 2.45) is 5.41 Å². The lowest BCUT2D eigenvalue weighted by Crippen LogP contribution is -2.21. The Labute approximate surface area is 99.2 Å². The van der Waals surface area contributed by atoms with Gasteiger partial charge in [-0.2, -0.15) is 5.10 Å². The molecule has 1 aromatic heterocycles. The fraction of sp³-hybridized carbons (Fsp3) is 0.769. The monoisotopic (exact) mass is 223 g/mol. The van der Waals surface area contributed by atoms with Gasteiger partial charge in [-0.05, 0) is 11.8 Å². The average molecular weight is 223 g/mol. The first-order valence-corrected chi connectivity index (χ1v) is 6.11. The summed E-state index contributed by atoms with van der Waals surface area (Å²) in [6, 6.07) is 0.526. The predicted molar refractivity (Wildman–Crippen MR) is 68.3 cm³/mol. The van der Waals surface area contributed by atoms with Crippen LogP contribution in [0.25, 0.3) is 0 Å². The van der Waals surface area contributed by atoms with Gasteiger partial charge in [0.1, 0.15) is 0 Å². The second-order valence-electron chi connectivity index (χ2n) is 5.96. The van der Waals surface area contributed by atoms with Crippen LogP contribution < -0.4 is 5.32 Å². The van der Waals surface area contributed by atoms with E-state index in [4.69, 9.17) is 0 Å². The molecular formula is C13H25N3. The molecular weight excluding hydrogens is 198 g/mol. The van der Waals surface area contributed by atoms with Crippen molar-refractivity contribution in [3.05, 3.63) is 18.0 Å². The number of rotatable bonds is 5. The lowest BCUT2D eigenvalue weighted by Gasteiger charge is -2.17. The summed E-state index contributed by atoms with van der Waals surface area (Å²) < 4.78 is 2.04. The molecule has 3 heteroatoms. The molecule has 0 aliphatic rings. The predicted octanol–water partition coefficient (Wildman–Crippen LogP) is 2.82. The van der Waals surface area contributed by atoms with E-state index >= 15 is 0 Å². The average Bonchev–Trinajstić information content (AvgIpc) is 2.58. The second-order valence-corrected chi connectivity index (χ2v) is 5.96. The van der Waals surface area contributed by atoms with E-state index in [1.54, 1.807) is 0 Å². The number of nitrogens with one attached hydrogen (secondary N) is 1. The van der Waals surface area contributed by atoms with E-state index in [-0.39, 0.29) is 0 Å². The van der Waals surface area contributed by atoms with Crippen molar-refractivity contribution < 1.29 is 0 Å². The first-order valence-electron chi connectivity index (χ1n) is 6.11. The van der Waals surface area contributed by atoms with Crippen LogP contribution in [0.5, 0.6) is 0 Å². The quantitative estimate of drug-likeness (QED) is 0.832. The molecule has 0 saturated heterocycles. The van der Waals surface area contributed by atoms with Crippen molar-refractivity contribution in [3.63, 3.8) is 0 Å². The zero-order valence-corrected chi connectivity index (χ0v) is 11.2. The van der Waals surface area contributed by atoms with Gasteiger partial charge in [0.25, 0.3) is 0 Å². The molecule has 0 amide bonds. The fourth-order valence-electron chi connectivity index (χ4n) is 1.39. The summed E-state index contributed by atoms with van der Waals surface area (Å²) in [6.07, 6.45) is 5.25. The first kappa shape index (κ1) is 13.2. The molecule has 0 aliphatic carbocycles. The van der Waals surface area contributed by atoms with E-state index in [9.17, 15) is 0 Å². The molecule has 0 bridgehead atoms. The molecule has 92 valence electrons. The number of aromatic nitrogens is 2. The van der Waals surface area contributed by atoms with Gasteiger partial charge in [0.2, 0.25) is 0 Å². The van der Waals surface area contributed by atoms with Gasteiger partial charge in [-0.15, -0.1) is 0 Å². The molecule has 0 aliphatic heterocycles. The van der Waals surface area contributed by atoms with Crippen LogP contribution in [0.1, 0.15) is 46.6 Å². The van der Waals surface area contributed by atoms with Crippen LogP contribution >= 0.6 is 0 Å². The highest BCUT2D eigenvalue weighted by molar-refractivity contribution is 5.03. The Morgan fingerprint density at radius 3 is 2.62 bits per heavy atom. The van der Waals surface area contributed by atoms with Crippen LogP contribution in [-0.2, 0) is 13.1 Å². The minimum atomic E-state index is 0.377. The largest absolute Gasteiger partial charge is 0.310 e. The molecule has 1 rings (SSSR count). The maximum atomic E-state index is 4.37. The van der Waals surface area contributed by atoms with Crippen molar-refractivity contribution in [1.82, 2.24) is 15.1 Å². The SMILES string of the molecule is CC(C)NCc1cnn(CCC(C)(C)C)c1. The van der Waals surface area contributed by atoms with Gasteiger partial charge in [-0.1, -0.05) is 34.6 Å². The molecule has 0 fully saturated rings. The van der Waals surface area contributed by atoms with Gasteiger partial charge in [0.05, 0.1) is 6.20 Å². The minimum absolute atomic E-state index is 0.377. The van der Waals surface area contributed by atoms with E-state index in [2.05, 4.69) is 51.2 Å². The van der Waals surface area contributed by atoms with E-state index in [1.165, 1.54) is 5.56 Å². The molecule has 1 heterocycles. The number of aryl methyl sites for hydroxylation is 1. The number of hydrogen-bond acceptors (Lipinski definition) is 2. The topological polar surface area (TPSA) is 29.9 Å².